The lowest BCUT2D eigenvalue weighted by atomic mass is 9.77. The van der Waals surface area contributed by atoms with E-state index in [1.54, 1.807) is 0 Å². The molecule has 0 heterocycles. The number of hydrogen-bond donors (Lipinski definition) is 0. The zero-order valence-corrected chi connectivity index (χ0v) is 17.3. The van der Waals surface area contributed by atoms with Gasteiger partial charge in [-0.3, -0.25) is 0 Å². The fraction of sp³-hybridized carbons (Fsp3) is 0.133. The molecule has 30 heavy (non-hydrogen) atoms. The molecule has 0 nitrogen and oxygen atoms in total. The topological polar surface area (TPSA) is 0 Å². The van der Waals surface area contributed by atoms with E-state index in [4.69, 9.17) is 0 Å². The second-order valence-electron chi connectivity index (χ2n) is 9.35. The lowest BCUT2D eigenvalue weighted by molar-refractivity contribution is 0.668. The highest BCUT2D eigenvalue weighted by molar-refractivity contribution is 6.06. The van der Waals surface area contributed by atoms with Gasteiger partial charge < -0.3 is 0 Å². The summed E-state index contributed by atoms with van der Waals surface area (Å²) in [5.41, 5.74) is 11.7. The Morgan fingerprint density at radius 3 is 1.93 bits per heavy atom. The molecule has 0 aliphatic heterocycles. The van der Waals surface area contributed by atoms with Crippen molar-refractivity contribution in [3.63, 3.8) is 0 Å². The third-order valence-corrected chi connectivity index (χ3v) is 7.41. The molecule has 0 atom stereocenters. The summed E-state index contributed by atoms with van der Waals surface area (Å²) in [7, 11) is 0. The van der Waals surface area contributed by atoms with Crippen molar-refractivity contribution < 1.29 is 0 Å². The molecule has 0 heteroatoms. The molecule has 0 saturated heterocycles. The molecule has 2 aliphatic rings. The maximum atomic E-state index is 2.42. The van der Waals surface area contributed by atoms with Gasteiger partial charge in [-0.25, -0.2) is 0 Å². The molecule has 0 fully saturated rings. The number of rotatable bonds is 0. The largest absolute Gasteiger partial charge is 0.0616 e. The van der Waals surface area contributed by atoms with Gasteiger partial charge in [-0.15, -0.1) is 0 Å². The molecule has 0 saturated carbocycles. The Bertz CT molecular complexity index is 1530. The summed E-state index contributed by atoms with van der Waals surface area (Å²) >= 11 is 0. The van der Waals surface area contributed by atoms with Crippen LogP contribution in [0.5, 0.6) is 0 Å². The van der Waals surface area contributed by atoms with Gasteiger partial charge in [0.1, 0.15) is 0 Å². The van der Waals surface area contributed by atoms with Crippen LogP contribution < -0.4 is 0 Å². The highest BCUT2D eigenvalue weighted by Gasteiger charge is 2.41. The summed E-state index contributed by atoms with van der Waals surface area (Å²) in [6.45, 7) is 4.85. The van der Waals surface area contributed by atoms with E-state index in [1.807, 2.05) is 0 Å². The van der Waals surface area contributed by atoms with Crippen molar-refractivity contribution in [1.82, 2.24) is 0 Å². The van der Waals surface area contributed by atoms with Gasteiger partial charge in [0.2, 0.25) is 0 Å². The maximum absolute atomic E-state index is 2.42. The number of benzene rings is 5. The van der Waals surface area contributed by atoms with E-state index in [-0.39, 0.29) is 5.41 Å². The third kappa shape index (κ3) is 1.87. The SMILES string of the molecule is CC1(C)c2c(ccc3c2-c2c(ccc4ccccc24)C3)-c2ccc3ccccc3c21. The second-order valence-corrected chi connectivity index (χ2v) is 9.35. The van der Waals surface area contributed by atoms with Crippen LogP contribution in [0.25, 0.3) is 43.8 Å². The molecule has 0 amide bonds. The zero-order chi connectivity index (χ0) is 20.0. The van der Waals surface area contributed by atoms with E-state index in [9.17, 15) is 0 Å². The minimum atomic E-state index is -0.0323. The first kappa shape index (κ1) is 16.4. The fourth-order valence-electron chi connectivity index (χ4n) is 6.21. The van der Waals surface area contributed by atoms with Crippen LogP contribution in [0.15, 0.2) is 84.9 Å². The van der Waals surface area contributed by atoms with E-state index >= 15 is 0 Å². The van der Waals surface area contributed by atoms with Gasteiger partial charge in [-0.1, -0.05) is 98.8 Å². The molecule has 5 aromatic rings. The van der Waals surface area contributed by atoms with E-state index in [0.717, 1.165) is 6.42 Å². The molecule has 142 valence electrons. The maximum Gasteiger partial charge on any atom is 0.0171 e. The minimum Gasteiger partial charge on any atom is -0.0616 e. The lowest BCUT2D eigenvalue weighted by Gasteiger charge is -2.26. The van der Waals surface area contributed by atoms with Crippen LogP contribution in [0.3, 0.4) is 0 Å². The van der Waals surface area contributed by atoms with Crippen LogP contribution in [-0.2, 0) is 11.8 Å². The predicted octanol–water partition coefficient (Wildman–Crippen LogP) is 7.87. The van der Waals surface area contributed by atoms with Crippen LogP contribution in [0.1, 0.15) is 36.1 Å². The lowest BCUT2D eigenvalue weighted by Crippen LogP contribution is -2.17. The summed E-state index contributed by atoms with van der Waals surface area (Å²) in [5.74, 6) is 0. The van der Waals surface area contributed by atoms with Crippen LogP contribution in [0.2, 0.25) is 0 Å². The average molecular weight is 383 g/mol. The Kier molecular flexibility index (Phi) is 2.96. The molecule has 2 aliphatic carbocycles. The fourth-order valence-corrected chi connectivity index (χ4v) is 6.21. The van der Waals surface area contributed by atoms with Crippen molar-refractivity contribution in [2.75, 3.05) is 0 Å². The monoisotopic (exact) mass is 382 g/mol. The Hall–Kier alpha value is -3.38. The summed E-state index contributed by atoms with van der Waals surface area (Å²) < 4.78 is 0. The average Bonchev–Trinajstić information content (AvgIpc) is 3.26. The second kappa shape index (κ2) is 5.40. The van der Waals surface area contributed by atoms with Crippen LogP contribution in [0.4, 0.5) is 0 Å². The Morgan fingerprint density at radius 2 is 1.10 bits per heavy atom. The van der Waals surface area contributed by atoms with Crippen molar-refractivity contribution in [3.8, 4) is 22.3 Å². The Morgan fingerprint density at radius 1 is 0.533 bits per heavy atom. The van der Waals surface area contributed by atoms with Gasteiger partial charge in [0.15, 0.2) is 0 Å². The van der Waals surface area contributed by atoms with Gasteiger partial charge >= 0.3 is 0 Å². The molecule has 0 spiro atoms. The molecule has 5 aromatic carbocycles. The Balaban J connectivity index is 1.63. The first-order chi connectivity index (χ1) is 14.6. The van der Waals surface area contributed by atoms with Gasteiger partial charge in [-0.05, 0) is 72.5 Å². The smallest absolute Gasteiger partial charge is 0.0171 e. The zero-order valence-electron chi connectivity index (χ0n) is 17.3. The van der Waals surface area contributed by atoms with E-state index < -0.39 is 0 Å². The summed E-state index contributed by atoms with van der Waals surface area (Å²) in [4.78, 5) is 0. The first-order valence-electron chi connectivity index (χ1n) is 10.8. The van der Waals surface area contributed by atoms with Crippen LogP contribution in [-0.4, -0.2) is 0 Å². The van der Waals surface area contributed by atoms with Crippen molar-refractivity contribution >= 4 is 21.5 Å². The Labute approximate surface area is 176 Å². The van der Waals surface area contributed by atoms with E-state index in [2.05, 4.69) is 98.8 Å². The molecule has 0 N–H and O–H groups in total. The van der Waals surface area contributed by atoms with Gasteiger partial charge in [0, 0.05) is 5.41 Å². The molecule has 7 rings (SSSR count). The molecule has 0 bridgehead atoms. The summed E-state index contributed by atoms with van der Waals surface area (Å²) in [5, 5.41) is 5.44. The van der Waals surface area contributed by atoms with Crippen LogP contribution in [0, 0.1) is 0 Å². The van der Waals surface area contributed by atoms with Gasteiger partial charge in [0.25, 0.3) is 0 Å². The van der Waals surface area contributed by atoms with Crippen molar-refractivity contribution in [3.05, 3.63) is 107 Å². The molecular formula is C30H22. The predicted molar refractivity (Wildman–Crippen MR) is 127 cm³/mol. The highest BCUT2D eigenvalue weighted by atomic mass is 14.4. The molecule has 0 radical (unpaired) electrons. The number of fused-ring (bicyclic) bond motifs is 11. The quantitative estimate of drug-likeness (QED) is 0.251. The van der Waals surface area contributed by atoms with Crippen molar-refractivity contribution in [1.29, 1.82) is 0 Å². The molecular weight excluding hydrogens is 360 g/mol. The van der Waals surface area contributed by atoms with Crippen molar-refractivity contribution in [2.45, 2.75) is 25.7 Å². The van der Waals surface area contributed by atoms with E-state index in [1.165, 1.54) is 66.1 Å². The standard InChI is InChI=1S/C30H22/c1-30(2)28-23-10-6-4-8-19(23)13-15-24(28)25-16-14-21-17-20-12-11-18-7-3-5-9-22(18)26(20)27(21)29(25)30/h3-16H,17H2,1-2H3. The van der Waals surface area contributed by atoms with Crippen LogP contribution >= 0.6 is 0 Å². The van der Waals surface area contributed by atoms with Gasteiger partial charge in [-0.2, -0.15) is 0 Å². The summed E-state index contributed by atoms with van der Waals surface area (Å²) in [6.07, 6.45) is 1.04. The third-order valence-electron chi connectivity index (χ3n) is 7.41. The normalized spacial score (nSPS) is 15.1. The number of hydrogen-bond acceptors (Lipinski definition) is 0. The highest BCUT2D eigenvalue weighted by Crippen LogP contribution is 2.57. The van der Waals surface area contributed by atoms with E-state index in [0.29, 0.717) is 0 Å². The first-order valence-corrected chi connectivity index (χ1v) is 10.8. The molecule has 0 unspecified atom stereocenters. The van der Waals surface area contributed by atoms with Crippen molar-refractivity contribution in [2.24, 2.45) is 0 Å². The summed E-state index contributed by atoms with van der Waals surface area (Å²) in [6, 6.07) is 31.7. The minimum absolute atomic E-state index is 0.0323. The van der Waals surface area contributed by atoms with Gasteiger partial charge in [0.05, 0.1) is 0 Å². The molecule has 0 aromatic heterocycles.